The fraction of sp³-hybridized carbons (Fsp3) is 0.278. The minimum atomic E-state index is 0.619. The van der Waals surface area contributed by atoms with Gasteiger partial charge in [-0.1, -0.05) is 54.6 Å². The van der Waals surface area contributed by atoms with E-state index >= 15 is 0 Å². The van der Waals surface area contributed by atoms with E-state index < -0.39 is 0 Å². The van der Waals surface area contributed by atoms with E-state index in [0.29, 0.717) is 5.92 Å². The predicted octanol–water partition coefficient (Wildman–Crippen LogP) is 3.47. The van der Waals surface area contributed by atoms with Crippen LogP contribution >= 0.6 is 0 Å². The van der Waals surface area contributed by atoms with Crippen molar-refractivity contribution in [1.29, 1.82) is 0 Å². The summed E-state index contributed by atoms with van der Waals surface area (Å²) in [4.78, 5) is 0. The molecule has 1 aliphatic heterocycles. The maximum absolute atomic E-state index is 4.90. The molecule has 0 spiro atoms. The average molecular weight is 262 g/mol. The van der Waals surface area contributed by atoms with Crippen LogP contribution in [0.4, 0.5) is 0 Å². The third-order valence-corrected chi connectivity index (χ3v) is 4.33. The van der Waals surface area contributed by atoms with E-state index in [1.807, 2.05) is 0 Å². The molecule has 20 heavy (non-hydrogen) atoms. The largest absolute Gasteiger partial charge is 0.292 e. The molecule has 2 aromatic rings. The van der Waals surface area contributed by atoms with Gasteiger partial charge in [0.15, 0.2) is 0 Å². The zero-order chi connectivity index (χ0) is 13.4. The van der Waals surface area contributed by atoms with Crippen molar-refractivity contribution in [2.45, 2.75) is 19.4 Å². The number of hydrogen-bond donors (Lipinski definition) is 0. The maximum atomic E-state index is 4.90. The molecule has 0 unspecified atom stereocenters. The Labute approximate surface area is 119 Å². The number of fused-ring (bicyclic) bond motifs is 3. The maximum Gasteiger partial charge on any atom is 0.0729 e. The number of hydrazone groups is 1. The summed E-state index contributed by atoms with van der Waals surface area (Å²) in [5, 5.41) is 7.13. The highest BCUT2D eigenvalue weighted by atomic mass is 15.5. The summed E-state index contributed by atoms with van der Waals surface area (Å²) in [6, 6.07) is 19.4. The van der Waals surface area contributed by atoms with Crippen LogP contribution in [0.2, 0.25) is 0 Å². The molecule has 1 aliphatic carbocycles. The second kappa shape index (κ2) is 4.78. The summed E-state index contributed by atoms with van der Waals surface area (Å²) in [6.45, 7) is 1.99. The molecule has 0 saturated carbocycles. The van der Waals surface area contributed by atoms with Crippen molar-refractivity contribution in [2.75, 3.05) is 6.54 Å². The SMILES string of the molecule is c1ccc(CN2C[C@H]3CCc4ccccc4C3=N2)cc1. The molecule has 0 aromatic heterocycles. The molecule has 0 amide bonds. The second-order valence-electron chi connectivity index (χ2n) is 5.71. The predicted molar refractivity (Wildman–Crippen MR) is 81.6 cm³/mol. The van der Waals surface area contributed by atoms with Crippen molar-refractivity contribution >= 4 is 5.71 Å². The Morgan fingerprint density at radius 2 is 1.80 bits per heavy atom. The third kappa shape index (κ3) is 2.01. The van der Waals surface area contributed by atoms with Crippen LogP contribution in [0.15, 0.2) is 59.7 Å². The van der Waals surface area contributed by atoms with Gasteiger partial charge in [0.1, 0.15) is 0 Å². The summed E-state index contributed by atoms with van der Waals surface area (Å²) >= 11 is 0. The topological polar surface area (TPSA) is 15.6 Å². The normalized spacial score (nSPS) is 20.3. The van der Waals surface area contributed by atoms with Gasteiger partial charge >= 0.3 is 0 Å². The minimum Gasteiger partial charge on any atom is -0.292 e. The first kappa shape index (κ1) is 11.7. The average Bonchev–Trinajstić information content (AvgIpc) is 2.91. The first-order valence-electron chi connectivity index (χ1n) is 7.36. The molecule has 0 N–H and O–H groups in total. The monoisotopic (exact) mass is 262 g/mol. The van der Waals surface area contributed by atoms with E-state index in [0.717, 1.165) is 13.1 Å². The molecule has 0 bridgehead atoms. The number of benzene rings is 2. The number of hydrogen-bond acceptors (Lipinski definition) is 2. The third-order valence-electron chi connectivity index (χ3n) is 4.33. The Morgan fingerprint density at radius 1 is 1.00 bits per heavy atom. The van der Waals surface area contributed by atoms with Crippen LogP contribution in [0.5, 0.6) is 0 Å². The van der Waals surface area contributed by atoms with Crippen LogP contribution < -0.4 is 0 Å². The van der Waals surface area contributed by atoms with Crippen LogP contribution in [0, 0.1) is 5.92 Å². The Kier molecular flexibility index (Phi) is 2.80. The number of rotatable bonds is 2. The second-order valence-corrected chi connectivity index (χ2v) is 5.71. The van der Waals surface area contributed by atoms with E-state index in [9.17, 15) is 0 Å². The van der Waals surface area contributed by atoms with E-state index in [2.05, 4.69) is 59.6 Å². The molecule has 0 radical (unpaired) electrons. The van der Waals surface area contributed by atoms with Gasteiger partial charge in [0, 0.05) is 18.0 Å². The van der Waals surface area contributed by atoms with Gasteiger partial charge in [-0.3, -0.25) is 5.01 Å². The van der Waals surface area contributed by atoms with Crippen molar-refractivity contribution in [1.82, 2.24) is 5.01 Å². The van der Waals surface area contributed by atoms with Crippen molar-refractivity contribution in [2.24, 2.45) is 11.0 Å². The first-order valence-corrected chi connectivity index (χ1v) is 7.36. The lowest BCUT2D eigenvalue weighted by Gasteiger charge is -2.21. The fourth-order valence-corrected chi connectivity index (χ4v) is 3.33. The zero-order valence-corrected chi connectivity index (χ0v) is 11.5. The summed E-state index contributed by atoms with van der Waals surface area (Å²) in [5.41, 5.74) is 5.48. The Hall–Kier alpha value is -2.09. The van der Waals surface area contributed by atoms with E-state index in [1.54, 1.807) is 0 Å². The standard InChI is InChI=1S/C18H18N2/c1-2-6-14(7-3-1)12-20-13-16-11-10-15-8-4-5-9-17(15)18(16)19-20/h1-9,16H,10-13H2/t16-/m1/s1. The molecular weight excluding hydrogens is 244 g/mol. The van der Waals surface area contributed by atoms with E-state index in [1.165, 1.54) is 35.2 Å². The highest BCUT2D eigenvalue weighted by molar-refractivity contribution is 6.05. The summed E-state index contributed by atoms with van der Waals surface area (Å²) in [6.07, 6.45) is 2.43. The van der Waals surface area contributed by atoms with Crippen molar-refractivity contribution < 1.29 is 0 Å². The molecule has 2 aromatic carbocycles. The highest BCUT2D eigenvalue weighted by Gasteiger charge is 2.31. The summed E-state index contributed by atoms with van der Waals surface area (Å²) < 4.78 is 0. The van der Waals surface area contributed by atoms with Gasteiger partial charge in [0.05, 0.1) is 12.3 Å². The molecular formula is C18H18N2. The van der Waals surface area contributed by atoms with Gasteiger partial charge in [0.25, 0.3) is 0 Å². The summed E-state index contributed by atoms with van der Waals surface area (Å²) in [7, 11) is 0. The molecule has 100 valence electrons. The molecule has 1 atom stereocenters. The van der Waals surface area contributed by atoms with Crippen molar-refractivity contribution in [3.63, 3.8) is 0 Å². The molecule has 4 rings (SSSR count). The summed E-state index contributed by atoms with van der Waals surface area (Å²) in [5.74, 6) is 0.619. The zero-order valence-electron chi connectivity index (χ0n) is 11.5. The van der Waals surface area contributed by atoms with Gasteiger partial charge in [-0.2, -0.15) is 5.10 Å². The molecule has 1 heterocycles. The van der Waals surface area contributed by atoms with Crippen LogP contribution in [-0.2, 0) is 13.0 Å². The quantitative estimate of drug-likeness (QED) is 0.809. The van der Waals surface area contributed by atoms with Crippen LogP contribution in [0.25, 0.3) is 0 Å². The Balaban J connectivity index is 1.61. The van der Waals surface area contributed by atoms with Gasteiger partial charge in [-0.25, -0.2) is 0 Å². The van der Waals surface area contributed by atoms with E-state index in [-0.39, 0.29) is 0 Å². The van der Waals surface area contributed by atoms with Gasteiger partial charge in [-0.15, -0.1) is 0 Å². The number of nitrogens with zero attached hydrogens (tertiary/aromatic N) is 2. The van der Waals surface area contributed by atoms with Crippen LogP contribution in [-0.4, -0.2) is 17.3 Å². The molecule has 0 fully saturated rings. The van der Waals surface area contributed by atoms with Crippen LogP contribution in [0.3, 0.4) is 0 Å². The van der Waals surface area contributed by atoms with Gasteiger partial charge in [-0.05, 0) is 24.0 Å². The molecule has 2 aliphatic rings. The lowest BCUT2D eigenvalue weighted by atomic mass is 9.83. The van der Waals surface area contributed by atoms with Crippen LogP contribution in [0.1, 0.15) is 23.1 Å². The van der Waals surface area contributed by atoms with Crippen molar-refractivity contribution in [3.05, 3.63) is 71.3 Å². The van der Waals surface area contributed by atoms with Gasteiger partial charge in [0.2, 0.25) is 0 Å². The van der Waals surface area contributed by atoms with Crippen molar-refractivity contribution in [3.8, 4) is 0 Å². The van der Waals surface area contributed by atoms with E-state index in [4.69, 9.17) is 5.10 Å². The Morgan fingerprint density at radius 3 is 2.70 bits per heavy atom. The fourth-order valence-electron chi connectivity index (χ4n) is 3.33. The van der Waals surface area contributed by atoms with Gasteiger partial charge < -0.3 is 0 Å². The molecule has 2 heteroatoms. The molecule has 0 saturated heterocycles. The number of aryl methyl sites for hydroxylation is 1. The minimum absolute atomic E-state index is 0.619. The Bertz CT molecular complexity index is 645. The smallest absolute Gasteiger partial charge is 0.0729 e. The molecule has 2 nitrogen and oxygen atoms in total. The first-order chi connectivity index (χ1) is 9.90. The lowest BCUT2D eigenvalue weighted by molar-refractivity contribution is 0.283. The highest BCUT2D eigenvalue weighted by Crippen LogP contribution is 2.31. The lowest BCUT2D eigenvalue weighted by Crippen LogP contribution is -2.24.